The topological polar surface area (TPSA) is 50.7 Å². The first kappa shape index (κ1) is 16.3. The van der Waals surface area contributed by atoms with Gasteiger partial charge < -0.3 is 4.74 Å². The van der Waals surface area contributed by atoms with Crippen molar-refractivity contribution in [3.63, 3.8) is 0 Å². The van der Waals surface area contributed by atoms with E-state index in [9.17, 15) is 4.79 Å². The van der Waals surface area contributed by atoms with E-state index < -0.39 is 0 Å². The molecule has 0 aliphatic heterocycles. The largest absolute Gasteiger partial charge is 0.497 e. The number of hydrazone groups is 1. The molecule has 0 unspecified atom stereocenters. The molecule has 0 spiro atoms. The number of benzene rings is 2. The average Bonchev–Trinajstić information content (AvgIpc) is 2.54. The number of carbonyl (C=O) groups is 1. The van der Waals surface area contributed by atoms with Crippen LogP contribution in [0.3, 0.4) is 0 Å². The van der Waals surface area contributed by atoms with Crippen LogP contribution in [0.2, 0.25) is 10.0 Å². The lowest BCUT2D eigenvalue weighted by molar-refractivity contribution is 0.0955. The van der Waals surface area contributed by atoms with Crippen LogP contribution in [0.1, 0.15) is 22.8 Å². The van der Waals surface area contributed by atoms with E-state index >= 15 is 0 Å². The lowest BCUT2D eigenvalue weighted by Crippen LogP contribution is -2.19. The highest BCUT2D eigenvalue weighted by molar-refractivity contribution is 6.42. The van der Waals surface area contributed by atoms with E-state index in [0.717, 1.165) is 11.3 Å². The monoisotopic (exact) mass is 336 g/mol. The molecule has 2 rings (SSSR count). The van der Waals surface area contributed by atoms with Gasteiger partial charge in [0.25, 0.3) is 5.91 Å². The molecule has 0 radical (unpaired) electrons. The molecule has 22 heavy (non-hydrogen) atoms. The van der Waals surface area contributed by atoms with Gasteiger partial charge >= 0.3 is 0 Å². The van der Waals surface area contributed by atoms with Crippen molar-refractivity contribution in [2.24, 2.45) is 5.10 Å². The maximum atomic E-state index is 12.0. The second-order valence-electron chi connectivity index (χ2n) is 4.50. The van der Waals surface area contributed by atoms with Crippen molar-refractivity contribution < 1.29 is 9.53 Å². The third kappa shape index (κ3) is 4.00. The first-order valence-electron chi connectivity index (χ1n) is 6.45. The van der Waals surface area contributed by atoms with Gasteiger partial charge in [-0.3, -0.25) is 4.79 Å². The number of carbonyl (C=O) groups excluding carboxylic acids is 1. The summed E-state index contributed by atoms with van der Waals surface area (Å²) in [6.45, 7) is 1.80. The van der Waals surface area contributed by atoms with Gasteiger partial charge in [0.05, 0.1) is 22.9 Å². The standard InChI is InChI=1S/C16H14Cl2N2O2/c1-10(11-4-3-5-13(8-11)22-2)19-20-16(21)12-6-7-14(17)15(18)9-12/h3-9H,1-2H3,(H,20,21). The van der Waals surface area contributed by atoms with Crippen molar-refractivity contribution in [1.82, 2.24) is 5.43 Å². The molecule has 6 heteroatoms. The van der Waals surface area contributed by atoms with Gasteiger partial charge in [-0.25, -0.2) is 5.43 Å². The fourth-order valence-corrected chi connectivity index (χ4v) is 2.05. The van der Waals surface area contributed by atoms with E-state index in [4.69, 9.17) is 27.9 Å². The normalized spacial score (nSPS) is 11.2. The van der Waals surface area contributed by atoms with Crippen molar-refractivity contribution in [3.05, 3.63) is 63.6 Å². The zero-order chi connectivity index (χ0) is 16.1. The van der Waals surface area contributed by atoms with Crippen LogP contribution < -0.4 is 10.2 Å². The summed E-state index contributed by atoms with van der Waals surface area (Å²) in [5.74, 6) is 0.365. The Morgan fingerprint density at radius 3 is 2.55 bits per heavy atom. The Balaban J connectivity index is 2.12. The van der Waals surface area contributed by atoms with Gasteiger partial charge in [0.1, 0.15) is 5.75 Å². The van der Waals surface area contributed by atoms with Crippen LogP contribution in [-0.2, 0) is 0 Å². The molecule has 0 atom stereocenters. The van der Waals surface area contributed by atoms with Crippen molar-refractivity contribution in [1.29, 1.82) is 0 Å². The predicted molar refractivity (Wildman–Crippen MR) is 89.1 cm³/mol. The number of hydrogen-bond acceptors (Lipinski definition) is 3. The van der Waals surface area contributed by atoms with Crippen LogP contribution >= 0.6 is 23.2 Å². The first-order chi connectivity index (χ1) is 10.5. The van der Waals surface area contributed by atoms with E-state index in [-0.39, 0.29) is 5.91 Å². The molecule has 0 saturated carbocycles. The molecule has 4 nitrogen and oxygen atoms in total. The van der Waals surface area contributed by atoms with Crippen molar-refractivity contribution in [3.8, 4) is 5.75 Å². The van der Waals surface area contributed by atoms with Crippen molar-refractivity contribution >= 4 is 34.8 Å². The molecule has 0 bridgehead atoms. The third-order valence-electron chi connectivity index (χ3n) is 2.99. The molecule has 0 saturated heterocycles. The summed E-state index contributed by atoms with van der Waals surface area (Å²) in [5.41, 5.74) is 4.39. The van der Waals surface area contributed by atoms with E-state index in [0.29, 0.717) is 21.3 Å². The minimum absolute atomic E-state index is 0.322. The highest BCUT2D eigenvalue weighted by Gasteiger charge is 2.08. The van der Waals surface area contributed by atoms with E-state index in [1.165, 1.54) is 6.07 Å². The summed E-state index contributed by atoms with van der Waals surface area (Å²) >= 11 is 11.7. The maximum Gasteiger partial charge on any atom is 0.271 e. The van der Waals surface area contributed by atoms with Crippen LogP contribution in [0.25, 0.3) is 0 Å². The van der Waals surface area contributed by atoms with E-state index in [2.05, 4.69) is 10.5 Å². The maximum absolute atomic E-state index is 12.0. The zero-order valence-corrected chi connectivity index (χ0v) is 13.6. The Bertz CT molecular complexity index is 730. The van der Waals surface area contributed by atoms with E-state index in [1.54, 1.807) is 26.2 Å². The zero-order valence-electron chi connectivity index (χ0n) is 12.1. The number of halogens is 2. The molecule has 0 aliphatic rings. The molecule has 2 aromatic carbocycles. The quantitative estimate of drug-likeness (QED) is 0.673. The highest BCUT2D eigenvalue weighted by Crippen LogP contribution is 2.22. The van der Waals surface area contributed by atoms with Gasteiger partial charge in [0, 0.05) is 11.1 Å². The summed E-state index contributed by atoms with van der Waals surface area (Å²) in [5, 5.41) is 4.80. The van der Waals surface area contributed by atoms with Gasteiger partial charge in [0.2, 0.25) is 0 Å². The predicted octanol–water partition coefficient (Wildman–Crippen LogP) is 4.16. The van der Waals surface area contributed by atoms with Gasteiger partial charge in [-0.2, -0.15) is 5.10 Å². The molecule has 0 aliphatic carbocycles. The second kappa shape index (κ2) is 7.29. The molecule has 1 amide bonds. The van der Waals surface area contributed by atoms with Crippen LogP contribution in [0.5, 0.6) is 5.75 Å². The average molecular weight is 337 g/mol. The number of amides is 1. The number of nitrogens with one attached hydrogen (secondary N) is 1. The van der Waals surface area contributed by atoms with Crippen LogP contribution in [0.15, 0.2) is 47.6 Å². The summed E-state index contributed by atoms with van der Waals surface area (Å²) in [7, 11) is 1.59. The van der Waals surface area contributed by atoms with Crippen molar-refractivity contribution in [2.45, 2.75) is 6.92 Å². The Morgan fingerprint density at radius 2 is 1.86 bits per heavy atom. The molecule has 0 aromatic heterocycles. The fraction of sp³-hybridized carbons (Fsp3) is 0.125. The summed E-state index contributed by atoms with van der Waals surface area (Å²) in [4.78, 5) is 12.0. The Labute approximate surface area is 138 Å². The smallest absolute Gasteiger partial charge is 0.271 e. The van der Waals surface area contributed by atoms with Crippen molar-refractivity contribution in [2.75, 3.05) is 7.11 Å². The van der Waals surface area contributed by atoms with Crippen LogP contribution in [0, 0.1) is 0 Å². The fourth-order valence-electron chi connectivity index (χ4n) is 1.75. The summed E-state index contributed by atoms with van der Waals surface area (Å²) < 4.78 is 5.15. The molecule has 2 aromatic rings. The second-order valence-corrected chi connectivity index (χ2v) is 5.31. The third-order valence-corrected chi connectivity index (χ3v) is 3.73. The molecule has 1 N–H and O–H groups in total. The molecular weight excluding hydrogens is 323 g/mol. The Morgan fingerprint density at radius 1 is 1.09 bits per heavy atom. The molecular formula is C16H14Cl2N2O2. The van der Waals surface area contributed by atoms with Gasteiger partial charge in [-0.1, -0.05) is 35.3 Å². The SMILES string of the molecule is COc1cccc(C(C)=NNC(=O)c2ccc(Cl)c(Cl)c2)c1. The number of ether oxygens (including phenoxy) is 1. The van der Waals surface area contributed by atoms with Gasteiger partial charge in [0.15, 0.2) is 0 Å². The molecule has 114 valence electrons. The van der Waals surface area contributed by atoms with Crippen LogP contribution in [-0.4, -0.2) is 18.7 Å². The minimum atomic E-state index is -0.360. The molecule has 0 fully saturated rings. The summed E-state index contributed by atoms with van der Waals surface area (Å²) in [6.07, 6.45) is 0. The Hall–Kier alpha value is -2.04. The van der Waals surface area contributed by atoms with E-state index in [1.807, 2.05) is 24.3 Å². The van der Waals surface area contributed by atoms with Gasteiger partial charge in [-0.05, 0) is 37.3 Å². The lowest BCUT2D eigenvalue weighted by atomic mass is 10.1. The first-order valence-corrected chi connectivity index (χ1v) is 7.21. The lowest BCUT2D eigenvalue weighted by Gasteiger charge is -2.05. The number of hydrogen-bond donors (Lipinski definition) is 1. The van der Waals surface area contributed by atoms with Gasteiger partial charge in [-0.15, -0.1) is 0 Å². The van der Waals surface area contributed by atoms with Crippen LogP contribution in [0.4, 0.5) is 0 Å². The number of methoxy groups -OCH3 is 1. The number of nitrogens with zero attached hydrogens (tertiary/aromatic N) is 1. The molecule has 0 heterocycles. The Kier molecular flexibility index (Phi) is 5.41. The highest BCUT2D eigenvalue weighted by atomic mass is 35.5. The number of rotatable bonds is 4. The summed E-state index contributed by atoms with van der Waals surface area (Å²) in [6, 6.07) is 12.1. The minimum Gasteiger partial charge on any atom is -0.497 e.